The summed E-state index contributed by atoms with van der Waals surface area (Å²) in [6.07, 6.45) is 3.89. The van der Waals surface area contributed by atoms with E-state index in [4.69, 9.17) is 15.3 Å². The smallest absolute Gasteiger partial charge is 0.404 e. The van der Waals surface area contributed by atoms with Gasteiger partial charge in [0, 0.05) is 34.9 Å². The van der Waals surface area contributed by atoms with Crippen molar-refractivity contribution in [3.05, 3.63) is 29.4 Å². The summed E-state index contributed by atoms with van der Waals surface area (Å²) >= 11 is 1.48. The Hall–Kier alpha value is -1.99. The van der Waals surface area contributed by atoms with Crippen molar-refractivity contribution in [1.82, 2.24) is 15.0 Å². The summed E-state index contributed by atoms with van der Waals surface area (Å²) in [5.41, 5.74) is 6.11. The molecule has 12 heteroatoms. The highest BCUT2D eigenvalue weighted by atomic mass is 32.2. The van der Waals surface area contributed by atoms with E-state index in [1.807, 2.05) is 13.8 Å². The predicted molar refractivity (Wildman–Crippen MR) is 156 cm³/mol. The van der Waals surface area contributed by atoms with Crippen LogP contribution >= 0.6 is 11.3 Å². The Morgan fingerprint density at radius 1 is 1.18 bits per heavy atom. The molecule has 1 fully saturated rings. The molecule has 0 radical (unpaired) electrons. The van der Waals surface area contributed by atoms with Gasteiger partial charge >= 0.3 is 6.09 Å². The lowest BCUT2D eigenvalue weighted by molar-refractivity contribution is 0.185. The molecule has 0 saturated heterocycles. The van der Waals surface area contributed by atoms with Crippen LogP contribution in [-0.2, 0) is 14.4 Å². The second kappa shape index (κ2) is 11.2. The molecule has 38 heavy (non-hydrogen) atoms. The molecule has 0 unspecified atom stereocenters. The Morgan fingerprint density at radius 2 is 1.82 bits per heavy atom. The third-order valence-corrected chi connectivity index (χ3v) is 14.9. The number of nitrogens with one attached hydrogen (secondary N) is 2. The summed E-state index contributed by atoms with van der Waals surface area (Å²) in [5.74, 6) is 0.221. The van der Waals surface area contributed by atoms with Gasteiger partial charge in [-0.05, 0) is 69.8 Å². The molecular weight excluding hydrogens is 541 g/mol. The minimum absolute atomic E-state index is 0.0128. The number of anilines is 1. The van der Waals surface area contributed by atoms with Gasteiger partial charge in [-0.3, -0.25) is 0 Å². The first-order valence-corrected chi connectivity index (χ1v) is 18.1. The van der Waals surface area contributed by atoms with Crippen LogP contribution in [0.1, 0.15) is 71.2 Å². The first kappa shape index (κ1) is 30.5. The van der Waals surface area contributed by atoms with Crippen LogP contribution in [0.15, 0.2) is 29.3 Å². The highest BCUT2D eigenvalue weighted by Gasteiger charge is 2.39. The number of hydrogen-bond donors (Lipinski definition) is 4. The van der Waals surface area contributed by atoms with E-state index in [0.29, 0.717) is 11.3 Å². The molecular formula is C26H42N4O5S2Si. The number of rotatable bonds is 9. The van der Waals surface area contributed by atoms with Gasteiger partial charge in [0.15, 0.2) is 8.32 Å². The molecule has 1 aliphatic rings. The monoisotopic (exact) mass is 582 g/mol. The number of thiazole rings is 1. The lowest BCUT2D eigenvalue weighted by Crippen LogP contribution is -2.51. The molecule has 0 aliphatic heterocycles. The van der Waals surface area contributed by atoms with Gasteiger partial charge in [0.1, 0.15) is 0 Å². The van der Waals surface area contributed by atoms with Crippen LogP contribution in [0, 0.1) is 0 Å². The van der Waals surface area contributed by atoms with E-state index < -0.39 is 30.0 Å². The van der Waals surface area contributed by atoms with E-state index >= 15 is 0 Å². The molecule has 1 aliphatic carbocycles. The first-order chi connectivity index (χ1) is 17.4. The van der Waals surface area contributed by atoms with Gasteiger partial charge in [0.25, 0.3) is 0 Å². The third-order valence-electron chi connectivity index (χ3n) is 7.50. The molecule has 0 spiro atoms. The predicted octanol–water partition coefficient (Wildman–Crippen LogP) is 5.76. The SMILES string of the molecule is CC(C)(CO[Si](C)(C)C(C)(C)C)NS(=O)(=O)c1cc(N)ccc1-c1cnc(C2CCC(NC(=O)O)CC2)s1. The number of nitrogens with zero attached hydrogens (tertiary/aromatic N) is 1. The van der Waals surface area contributed by atoms with Crippen LogP contribution < -0.4 is 15.8 Å². The number of hydrogen-bond acceptors (Lipinski definition) is 7. The fourth-order valence-electron chi connectivity index (χ4n) is 4.25. The van der Waals surface area contributed by atoms with Crippen LogP contribution in [0.5, 0.6) is 0 Å². The second-order valence-electron chi connectivity index (χ2n) is 12.4. The number of benzene rings is 1. The summed E-state index contributed by atoms with van der Waals surface area (Å²) < 4.78 is 36.5. The molecule has 2 aromatic rings. The number of nitrogen functional groups attached to an aromatic ring is 1. The van der Waals surface area contributed by atoms with Gasteiger partial charge in [0.05, 0.1) is 21.4 Å². The maximum atomic E-state index is 13.7. The van der Waals surface area contributed by atoms with E-state index in [9.17, 15) is 13.2 Å². The van der Waals surface area contributed by atoms with Crippen LogP contribution in [0.25, 0.3) is 10.4 Å². The Balaban J connectivity index is 1.80. The summed E-state index contributed by atoms with van der Waals surface area (Å²) in [4.78, 5) is 16.4. The van der Waals surface area contributed by atoms with Crippen molar-refractivity contribution in [1.29, 1.82) is 0 Å². The molecule has 1 saturated carbocycles. The fraction of sp³-hybridized carbons (Fsp3) is 0.615. The Bertz CT molecular complexity index is 1250. The molecule has 0 bridgehead atoms. The zero-order valence-corrected chi connectivity index (χ0v) is 26.1. The summed E-state index contributed by atoms with van der Waals surface area (Å²) in [5, 5.41) is 12.5. The summed E-state index contributed by atoms with van der Waals surface area (Å²) in [6, 6.07) is 4.88. The molecule has 1 heterocycles. The summed E-state index contributed by atoms with van der Waals surface area (Å²) in [7, 11) is -6.00. The van der Waals surface area contributed by atoms with Crippen molar-refractivity contribution in [2.75, 3.05) is 12.3 Å². The summed E-state index contributed by atoms with van der Waals surface area (Å²) in [6.45, 7) is 14.6. The highest BCUT2D eigenvalue weighted by Crippen LogP contribution is 2.40. The Labute approximate surface area is 231 Å². The average molecular weight is 583 g/mol. The number of sulfonamides is 1. The third kappa shape index (κ3) is 7.56. The fourth-order valence-corrected chi connectivity index (χ4v) is 8.25. The molecule has 1 aromatic heterocycles. The maximum Gasteiger partial charge on any atom is 0.404 e. The topological polar surface area (TPSA) is 144 Å². The minimum atomic E-state index is -3.94. The second-order valence-corrected chi connectivity index (χ2v) is 19.9. The lowest BCUT2D eigenvalue weighted by atomic mass is 9.86. The number of aromatic nitrogens is 1. The van der Waals surface area contributed by atoms with Crippen molar-refractivity contribution >= 4 is 41.5 Å². The van der Waals surface area contributed by atoms with E-state index in [0.717, 1.165) is 35.6 Å². The van der Waals surface area contributed by atoms with Crippen molar-refractivity contribution < 1.29 is 22.7 Å². The van der Waals surface area contributed by atoms with Crippen LogP contribution in [-0.4, -0.2) is 51.1 Å². The lowest BCUT2D eigenvalue weighted by Gasteiger charge is -2.39. The van der Waals surface area contributed by atoms with Gasteiger partial charge in [-0.25, -0.2) is 22.9 Å². The van der Waals surface area contributed by atoms with Gasteiger partial charge in [-0.2, -0.15) is 0 Å². The van der Waals surface area contributed by atoms with Crippen LogP contribution in [0.4, 0.5) is 10.5 Å². The number of carbonyl (C=O) groups is 1. The van der Waals surface area contributed by atoms with Gasteiger partial charge in [-0.1, -0.05) is 26.8 Å². The highest BCUT2D eigenvalue weighted by molar-refractivity contribution is 7.89. The van der Waals surface area contributed by atoms with Crippen LogP contribution in [0.2, 0.25) is 18.1 Å². The number of nitrogens with two attached hydrogens (primary N) is 1. The first-order valence-electron chi connectivity index (χ1n) is 12.9. The van der Waals surface area contributed by atoms with Crippen molar-refractivity contribution in [3.63, 3.8) is 0 Å². The molecule has 9 nitrogen and oxygen atoms in total. The van der Waals surface area contributed by atoms with Gasteiger partial charge in [0.2, 0.25) is 10.0 Å². The van der Waals surface area contributed by atoms with E-state index in [1.54, 1.807) is 18.3 Å². The number of amides is 1. The molecule has 212 valence electrons. The minimum Gasteiger partial charge on any atom is -0.465 e. The Kier molecular flexibility index (Phi) is 9.04. The van der Waals surface area contributed by atoms with Gasteiger partial charge in [-0.15, -0.1) is 11.3 Å². The standard InChI is InChI=1S/C26H42N4O5S2Si/c1-25(2,3)38(6,7)35-16-26(4,5)30-37(33,34)22-14-18(27)10-13-20(22)21-15-28-23(36-21)17-8-11-19(12-9-17)29-24(31)32/h10,13-15,17,19,29-30H,8-9,11-12,16,27H2,1-7H3,(H,31,32). The van der Waals surface area contributed by atoms with E-state index in [-0.39, 0.29) is 28.5 Å². The van der Waals surface area contributed by atoms with Gasteiger partial charge < -0.3 is 20.6 Å². The quantitative estimate of drug-likeness (QED) is 0.217. The largest absolute Gasteiger partial charge is 0.465 e. The Morgan fingerprint density at radius 3 is 2.39 bits per heavy atom. The van der Waals surface area contributed by atoms with Crippen molar-refractivity contribution in [2.45, 2.75) is 101 Å². The van der Waals surface area contributed by atoms with E-state index in [1.165, 1.54) is 17.4 Å². The van der Waals surface area contributed by atoms with Crippen LogP contribution in [0.3, 0.4) is 0 Å². The molecule has 5 N–H and O–H groups in total. The van der Waals surface area contributed by atoms with Crippen molar-refractivity contribution in [3.8, 4) is 10.4 Å². The zero-order valence-electron chi connectivity index (χ0n) is 23.4. The maximum absolute atomic E-state index is 13.7. The average Bonchev–Trinajstić information content (AvgIpc) is 3.27. The molecule has 0 atom stereocenters. The molecule has 1 aromatic carbocycles. The van der Waals surface area contributed by atoms with E-state index in [2.05, 4.69) is 48.9 Å². The molecule has 3 rings (SSSR count). The zero-order chi connectivity index (χ0) is 28.5. The number of carboxylic acid groups (broad SMARTS) is 1. The normalized spacial score (nSPS) is 19.3. The van der Waals surface area contributed by atoms with Crippen molar-refractivity contribution in [2.24, 2.45) is 0 Å². The molecule has 1 amide bonds.